The van der Waals surface area contributed by atoms with Gasteiger partial charge in [0.2, 0.25) is 0 Å². The Morgan fingerprint density at radius 3 is 1.69 bits per heavy atom. The van der Waals surface area contributed by atoms with Gasteiger partial charge in [-0.2, -0.15) is 0 Å². The lowest BCUT2D eigenvalue weighted by Gasteiger charge is -2.39. The molecule has 1 atom stereocenters. The van der Waals surface area contributed by atoms with E-state index in [0.717, 1.165) is 50.1 Å². The van der Waals surface area contributed by atoms with Gasteiger partial charge < -0.3 is 13.9 Å². The topological polar surface area (TPSA) is 21.3 Å². The van der Waals surface area contributed by atoms with Gasteiger partial charge in [-0.1, -0.05) is 188 Å². The van der Waals surface area contributed by atoms with E-state index in [1.54, 1.807) is 0 Å². The number of hydrogen-bond donors (Lipinski definition) is 0. The van der Waals surface area contributed by atoms with Crippen LogP contribution in [0.25, 0.3) is 104 Å². The molecule has 0 fully saturated rings. The van der Waals surface area contributed by atoms with Gasteiger partial charge in [-0.3, -0.25) is 0 Å². The van der Waals surface area contributed by atoms with Crippen LogP contribution in [-0.2, 0) is 5.41 Å². The molecule has 1 aliphatic carbocycles. The van der Waals surface area contributed by atoms with E-state index in [1.165, 1.54) is 93.2 Å². The Labute approximate surface area is 403 Å². The van der Waals surface area contributed by atoms with Crippen molar-refractivity contribution in [3.8, 4) is 27.9 Å². The van der Waals surface area contributed by atoms with Crippen molar-refractivity contribution in [3.05, 3.63) is 265 Å². The molecule has 0 radical (unpaired) electrons. The molecule has 0 saturated heterocycles. The highest BCUT2D eigenvalue weighted by molar-refractivity contribution is 6.26. The minimum absolute atomic E-state index is 0.530. The van der Waals surface area contributed by atoms with Gasteiger partial charge in [0.15, 0.2) is 0 Å². The lowest BCUT2D eigenvalue weighted by atomic mass is 9.65. The van der Waals surface area contributed by atoms with Gasteiger partial charge >= 0.3 is 0 Å². The maximum atomic E-state index is 6.54. The molecule has 2 aromatic heterocycles. The number of benzene rings is 12. The molecule has 70 heavy (non-hydrogen) atoms. The second-order valence-electron chi connectivity index (χ2n) is 19.1. The smallest absolute Gasteiger partial charge is 0.143 e. The SMILES string of the molecule is c1ccc2c(c1)-c1cc(N(c3ccc(-c4cccc5c4oc4ccccc45)cc3)c3ccc4c5ccccc5c5ccccc5c4c3)ccc1C21c2ccccc2-n2c3ccccc3c3cccc1c32. The van der Waals surface area contributed by atoms with Gasteiger partial charge in [-0.15, -0.1) is 0 Å². The summed E-state index contributed by atoms with van der Waals surface area (Å²) in [6.07, 6.45) is 0. The molecule has 0 N–H and O–H groups in total. The molecule has 1 aliphatic heterocycles. The number of furan rings is 1. The van der Waals surface area contributed by atoms with Crippen LogP contribution in [0, 0.1) is 0 Å². The standard InChI is InChI=1S/C67H40N2O/c1-2-17-48-46(15-1)47-16-3-4-18-49(47)56-39-43(35-37-50(48)56)68(42-33-31-41(32-34-42)45-22-13-24-55-53-21-7-12-30-64(53)70-66(45)55)44-36-38-59-57(40-44)51-19-5-8-25-58(51)67(59)60-26-9-11-29-63(60)69-62-28-10-6-20-52(62)54-23-14-27-61(67)65(54)69/h1-40H. The number of rotatable bonds is 4. The summed E-state index contributed by atoms with van der Waals surface area (Å²) in [6.45, 7) is 0. The van der Waals surface area contributed by atoms with Crippen LogP contribution in [0.2, 0.25) is 0 Å². The average Bonchev–Trinajstić information content (AvgIpc) is 4.08. The van der Waals surface area contributed by atoms with Crippen molar-refractivity contribution in [2.75, 3.05) is 4.90 Å². The van der Waals surface area contributed by atoms with Crippen LogP contribution >= 0.6 is 0 Å². The van der Waals surface area contributed by atoms with E-state index in [4.69, 9.17) is 4.42 Å². The molecule has 2 aliphatic rings. The van der Waals surface area contributed by atoms with Crippen LogP contribution in [0.3, 0.4) is 0 Å². The maximum Gasteiger partial charge on any atom is 0.143 e. The minimum atomic E-state index is -0.530. The van der Waals surface area contributed by atoms with Gasteiger partial charge in [0, 0.05) is 44.2 Å². The van der Waals surface area contributed by atoms with Gasteiger partial charge in [0.25, 0.3) is 0 Å². The van der Waals surface area contributed by atoms with Gasteiger partial charge in [-0.25, -0.2) is 0 Å². The largest absolute Gasteiger partial charge is 0.455 e. The first-order valence-electron chi connectivity index (χ1n) is 24.2. The molecule has 12 aromatic carbocycles. The van der Waals surface area contributed by atoms with Crippen molar-refractivity contribution in [2.24, 2.45) is 0 Å². The number of aromatic nitrogens is 1. The fourth-order valence-corrected chi connectivity index (χ4v) is 12.9. The molecule has 0 amide bonds. The van der Waals surface area contributed by atoms with E-state index < -0.39 is 5.41 Å². The zero-order valence-electron chi connectivity index (χ0n) is 37.9. The fourth-order valence-electron chi connectivity index (χ4n) is 12.9. The molecule has 1 unspecified atom stereocenters. The van der Waals surface area contributed by atoms with Crippen LogP contribution < -0.4 is 4.90 Å². The Bertz CT molecular complexity index is 4520. The third kappa shape index (κ3) is 4.88. The van der Waals surface area contributed by atoms with E-state index in [2.05, 4.69) is 246 Å². The first-order valence-corrected chi connectivity index (χ1v) is 24.2. The molecule has 14 aromatic rings. The van der Waals surface area contributed by atoms with Gasteiger partial charge in [-0.05, 0) is 126 Å². The molecule has 3 nitrogen and oxygen atoms in total. The second-order valence-corrected chi connectivity index (χ2v) is 19.1. The minimum Gasteiger partial charge on any atom is -0.455 e. The lowest BCUT2D eigenvalue weighted by Crippen LogP contribution is -2.33. The Morgan fingerprint density at radius 2 is 0.871 bits per heavy atom. The van der Waals surface area contributed by atoms with E-state index in [-0.39, 0.29) is 0 Å². The van der Waals surface area contributed by atoms with Crippen molar-refractivity contribution in [3.63, 3.8) is 0 Å². The number of hydrogen-bond acceptors (Lipinski definition) is 2. The predicted molar refractivity (Wildman–Crippen MR) is 292 cm³/mol. The summed E-state index contributed by atoms with van der Waals surface area (Å²) in [5, 5.41) is 12.4. The molecule has 3 heteroatoms. The highest BCUT2D eigenvalue weighted by Gasteiger charge is 2.51. The van der Waals surface area contributed by atoms with Crippen molar-refractivity contribution in [1.29, 1.82) is 0 Å². The van der Waals surface area contributed by atoms with Crippen LogP contribution in [0.5, 0.6) is 0 Å². The zero-order chi connectivity index (χ0) is 45.7. The summed E-state index contributed by atoms with van der Waals surface area (Å²) in [7, 11) is 0. The van der Waals surface area contributed by atoms with Crippen LogP contribution in [-0.4, -0.2) is 4.57 Å². The summed E-state index contributed by atoms with van der Waals surface area (Å²) >= 11 is 0. The molecule has 16 rings (SSSR count). The number of anilines is 3. The molecule has 0 saturated carbocycles. The maximum absolute atomic E-state index is 6.54. The highest BCUT2D eigenvalue weighted by atomic mass is 16.3. The lowest BCUT2D eigenvalue weighted by molar-refractivity contribution is 0.670. The normalized spacial score (nSPS) is 14.6. The number of nitrogens with zero attached hydrogens (tertiary/aromatic N) is 2. The summed E-state index contributed by atoms with van der Waals surface area (Å²) in [5.41, 5.74) is 18.2. The predicted octanol–water partition coefficient (Wildman–Crippen LogP) is 18.0. The summed E-state index contributed by atoms with van der Waals surface area (Å²) in [5.74, 6) is 0. The quantitative estimate of drug-likeness (QED) is 0.164. The van der Waals surface area contributed by atoms with Crippen LogP contribution in [0.4, 0.5) is 17.1 Å². The Hall–Kier alpha value is -9.18. The Morgan fingerprint density at radius 1 is 0.329 bits per heavy atom. The van der Waals surface area contributed by atoms with E-state index in [0.29, 0.717) is 0 Å². The number of fused-ring (bicyclic) bond motifs is 21. The molecule has 324 valence electrons. The fraction of sp³-hybridized carbons (Fsp3) is 0.0149. The first kappa shape index (κ1) is 37.9. The molecular formula is C67H40N2O. The second kappa shape index (κ2) is 13.9. The van der Waals surface area contributed by atoms with Gasteiger partial charge in [0.05, 0.1) is 22.1 Å². The first-order chi connectivity index (χ1) is 34.7. The van der Waals surface area contributed by atoms with Crippen LogP contribution in [0.1, 0.15) is 22.3 Å². The molecule has 3 heterocycles. The monoisotopic (exact) mass is 888 g/mol. The summed E-state index contributed by atoms with van der Waals surface area (Å²) < 4.78 is 9.06. The highest BCUT2D eigenvalue weighted by Crippen LogP contribution is 2.61. The van der Waals surface area contributed by atoms with E-state index >= 15 is 0 Å². The molecule has 1 spiro atoms. The van der Waals surface area contributed by atoms with Crippen molar-refractivity contribution in [1.82, 2.24) is 4.57 Å². The Balaban J connectivity index is 0.940. The summed E-state index contributed by atoms with van der Waals surface area (Å²) in [6, 6.07) is 90.0. The summed E-state index contributed by atoms with van der Waals surface area (Å²) in [4.78, 5) is 2.45. The van der Waals surface area contributed by atoms with Crippen LogP contribution in [0.15, 0.2) is 247 Å². The average molecular weight is 889 g/mol. The third-order valence-electron chi connectivity index (χ3n) is 15.8. The van der Waals surface area contributed by atoms with Crippen molar-refractivity contribution in [2.45, 2.75) is 5.41 Å². The zero-order valence-corrected chi connectivity index (χ0v) is 37.9. The van der Waals surface area contributed by atoms with Crippen molar-refractivity contribution >= 4 is 93.1 Å². The Kier molecular flexibility index (Phi) is 7.54. The van der Waals surface area contributed by atoms with E-state index in [1.807, 2.05) is 6.07 Å². The van der Waals surface area contributed by atoms with E-state index in [9.17, 15) is 0 Å². The third-order valence-corrected chi connectivity index (χ3v) is 15.8. The molecular weight excluding hydrogens is 849 g/mol. The van der Waals surface area contributed by atoms with Crippen molar-refractivity contribution < 1.29 is 4.42 Å². The number of para-hydroxylation sites is 5. The molecule has 0 bridgehead atoms. The van der Waals surface area contributed by atoms with Gasteiger partial charge in [0.1, 0.15) is 11.2 Å².